The van der Waals surface area contributed by atoms with Crippen LogP contribution in [0.1, 0.15) is 21.5 Å². The molecule has 0 saturated heterocycles. The predicted octanol–water partition coefficient (Wildman–Crippen LogP) is 2.33. The van der Waals surface area contributed by atoms with E-state index >= 15 is 0 Å². The van der Waals surface area contributed by atoms with E-state index in [-0.39, 0.29) is 17.6 Å². The van der Waals surface area contributed by atoms with Gasteiger partial charge in [-0.3, -0.25) is 15.6 Å². The number of nitrogens with one attached hydrogen (secondary N) is 3. The topological polar surface area (TPSA) is 213 Å². The summed E-state index contributed by atoms with van der Waals surface area (Å²) in [5, 5.41) is 31.7. The Morgan fingerprint density at radius 2 is 1.21 bits per heavy atom. The summed E-state index contributed by atoms with van der Waals surface area (Å²) < 4.78 is 69.0. The van der Waals surface area contributed by atoms with Crippen molar-refractivity contribution in [1.82, 2.24) is 5.32 Å². The second-order valence-electron chi connectivity index (χ2n) is 6.64. The van der Waals surface area contributed by atoms with Crippen LogP contribution >= 0.6 is 0 Å². The van der Waals surface area contributed by atoms with E-state index in [1.54, 1.807) is 48.5 Å². The number of ether oxygens (including phenoxy) is 1. The molecule has 0 fully saturated rings. The predicted molar refractivity (Wildman–Crippen MR) is 120 cm³/mol. The van der Waals surface area contributed by atoms with Crippen LogP contribution in [0.15, 0.2) is 48.5 Å². The van der Waals surface area contributed by atoms with Gasteiger partial charge < -0.3 is 31.7 Å². The van der Waals surface area contributed by atoms with Crippen LogP contribution in [0.3, 0.4) is 0 Å². The standard InChI is InChI=1S/C17H19N5O2.2C2HF3O2/c18-15(19)11-4-6-12(7-5-11)17(23)22-8-9-24-14-3-1-2-13(10-14)16(20)21;2*3-2(4,5)1(6)7/h1-7,10H,8-9H2,(H3,18,19)(H3,20,21)(H,22,23);2*(H,6,7). The van der Waals surface area contributed by atoms with Gasteiger partial charge in [0.15, 0.2) is 0 Å². The van der Waals surface area contributed by atoms with Gasteiger partial charge in [0.25, 0.3) is 5.91 Å². The molecule has 1 amide bonds. The molecule has 2 aromatic carbocycles. The van der Waals surface area contributed by atoms with Gasteiger partial charge in [0.1, 0.15) is 24.0 Å². The lowest BCUT2D eigenvalue weighted by Gasteiger charge is -2.09. The first kappa shape index (κ1) is 33.2. The van der Waals surface area contributed by atoms with Gasteiger partial charge >= 0.3 is 24.3 Å². The number of carbonyl (C=O) groups excluding carboxylic acids is 1. The number of hydrogen-bond donors (Lipinski definition) is 7. The summed E-state index contributed by atoms with van der Waals surface area (Å²) in [5.74, 6) is -5.22. The molecular weight excluding hydrogens is 532 g/mol. The summed E-state index contributed by atoms with van der Waals surface area (Å²) in [6.07, 6.45) is -10.2. The fourth-order valence-corrected chi connectivity index (χ4v) is 1.99. The Morgan fingerprint density at radius 3 is 1.61 bits per heavy atom. The first-order chi connectivity index (χ1) is 17.4. The zero-order chi connectivity index (χ0) is 29.7. The number of nitrogens with two attached hydrogens (primary N) is 2. The maximum atomic E-state index is 12.0. The van der Waals surface area contributed by atoms with Crippen molar-refractivity contribution in [1.29, 1.82) is 10.8 Å². The van der Waals surface area contributed by atoms with E-state index in [0.29, 0.717) is 35.6 Å². The Kier molecular flexibility index (Phi) is 12.8. The summed E-state index contributed by atoms with van der Waals surface area (Å²) in [6.45, 7) is 0.621. The summed E-state index contributed by atoms with van der Waals surface area (Å²) in [4.78, 5) is 29.8. The minimum atomic E-state index is -5.08. The first-order valence-electron chi connectivity index (χ1n) is 9.76. The maximum absolute atomic E-state index is 12.0. The lowest BCUT2D eigenvalue weighted by molar-refractivity contribution is -0.193. The van der Waals surface area contributed by atoms with Crippen LogP contribution in [-0.4, -0.2) is 65.2 Å². The molecule has 0 heterocycles. The van der Waals surface area contributed by atoms with Crippen molar-refractivity contribution in [2.45, 2.75) is 12.4 Å². The Bertz CT molecular complexity index is 1110. The van der Waals surface area contributed by atoms with Gasteiger partial charge in [0, 0.05) is 16.7 Å². The molecule has 0 unspecified atom stereocenters. The third-order valence-electron chi connectivity index (χ3n) is 3.74. The van der Waals surface area contributed by atoms with Crippen molar-refractivity contribution in [2.75, 3.05) is 13.2 Å². The lowest BCUT2D eigenvalue weighted by atomic mass is 10.1. The molecule has 9 N–H and O–H groups in total. The molecule has 0 bridgehead atoms. The molecule has 0 aliphatic heterocycles. The molecule has 17 heteroatoms. The van der Waals surface area contributed by atoms with Gasteiger partial charge in [-0.15, -0.1) is 0 Å². The number of carboxylic acids is 2. The van der Waals surface area contributed by atoms with Gasteiger partial charge in [-0.2, -0.15) is 26.3 Å². The molecule has 0 saturated carbocycles. The quantitative estimate of drug-likeness (QED) is 0.117. The smallest absolute Gasteiger partial charge is 0.490 e. The van der Waals surface area contributed by atoms with Crippen LogP contribution in [-0.2, 0) is 9.59 Å². The number of aliphatic carboxylic acids is 2. The van der Waals surface area contributed by atoms with Crippen LogP contribution in [0.5, 0.6) is 5.75 Å². The molecule has 0 radical (unpaired) electrons. The molecule has 11 nitrogen and oxygen atoms in total. The van der Waals surface area contributed by atoms with E-state index in [9.17, 15) is 31.1 Å². The molecule has 0 spiro atoms. The zero-order valence-corrected chi connectivity index (χ0v) is 19.0. The average molecular weight is 553 g/mol. The number of amidine groups is 2. The number of hydrogen-bond acceptors (Lipinski definition) is 6. The number of benzene rings is 2. The van der Waals surface area contributed by atoms with E-state index in [1.807, 2.05) is 0 Å². The van der Waals surface area contributed by atoms with Gasteiger partial charge in [0.05, 0.1) is 6.54 Å². The van der Waals surface area contributed by atoms with Gasteiger partial charge in [0.2, 0.25) is 0 Å². The average Bonchev–Trinajstić information content (AvgIpc) is 2.81. The number of halogens is 6. The lowest BCUT2D eigenvalue weighted by Crippen LogP contribution is -2.28. The van der Waals surface area contributed by atoms with Crippen molar-refractivity contribution < 1.29 is 55.7 Å². The largest absolute Gasteiger partial charge is 0.492 e. The highest BCUT2D eigenvalue weighted by Gasteiger charge is 2.38. The highest BCUT2D eigenvalue weighted by molar-refractivity contribution is 5.98. The van der Waals surface area contributed by atoms with E-state index in [4.69, 9.17) is 46.8 Å². The Morgan fingerprint density at radius 1 is 0.789 bits per heavy atom. The van der Waals surface area contributed by atoms with Crippen LogP contribution in [0.4, 0.5) is 26.3 Å². The Labute approximate surface area is 210 Å². The zero-order valence-electron chi connectivity index (χ0n) is 19.0. The van der Waals surface area contributed by atoms with Crippen molar-refractivity contribution in [2.24, 2.45) is 11.5 Å². The fraction of sp³-hybridized carbons (Fsp3) is 0.190. The van der Waals surface area contributed by atoms with Gasteiger partial charge in [-0.05, 0) is 24.3 Å². The minimum absolute atomic E-state index is 0.0252. The second kappa shape index (κ2) is 14.7. The second-order valence-corrected chi connectivity index (χ2v) is 6.64. The van der Waals surface area contributed by atoms with Gasteiger partial charge in [-0.25, -0.2) is 9.59 Å². The van der Waals surface area contributed by atoms with E-state index < -0.39 is 24.3 Å². The van der Waals surface area contributed by atoms with Crippen molar-refractivity contribution in [3.63, 3.8) is 0 Å². The monoisotopic (exact) mass is 553 g/mol. The first-order valence-corrected chi connectivity index (χ1v) is 9.76. The molecule has 0 atom stereocenters. The number of rotatable bonds is 7. The number of amides is 1. The highest BCUT2D eigenvalue weighted by Crippen LogP contribution is 2.14. The van der Waals surface area contributed by atoms with Crippen molar-refractivity contribution in [3.8, 4) is 5.75 Å². The molecule has 208 valence electrons. The summed E-state index contributed by atoms with van der Waals surface area (Å²) in [7, 11) is 0. The molecule has 0 aromatic heterocycles. The Balaban J connectivity index is 0.000000804. The highest BCUT2D eigenvalue weighted by atomic mass is 19.4. The normalized spacial score (nSPS) is 10.5. The number of carbonyl (C=O) groups is 3. The number of carboxylic acid groups (broad SMARTS) is 2. The third kappa shape index (κ3) is 13.3. The number of nitrogen functional groups attached to an aromatic ring is 2. The van der Waals surface area contributed by atoms with Crippen LogP contribution < -0.4 is 21.5 Å². The molecule has 2 rings (SSSR count). The molecule has 38 heavy (non-hydrogen) atoms. The van der Waals surface area contributed by atoms with Gasteiger partial charge in [-0.1, -0.05) is 24.3 Å². The summed E-state index contributed by atoms with van der Waals surface area (Å²) >= 11 is 0. The van der Waals surface area contributed by atoms with Crippen LogP contribution in [0, 0.1) is 10.8 Å². The summed E-state index contributed by atoms with van der Waals surface area (Å²) in [6, 6.07) is 13.4. The maximum Gasteiger partial charge on any atom is 0.490 e. The fourth-order valence-electron chi connectivity index (χ4n) is 1.99. The minimum Gasteiger partial charge on any atom is -0.492 e. The molecule has 2 aromatic rings. The number of alkyl halides is 6. The third-order valence-corrected chi connectivity index (χ3v) is 3.74. The molecule has 0 aliphatic rings. The molecular formula is C21H21F6N5O6. The van der Waals surface area contributed by atoms with Crippen molar-refractivity contribution >= 4 is 29.5 Å². The van der Waals surface area contributed by atoms with E-state index in [2.05, 4.69) is 5.32 Å². The van der Waals surface area contributed by atoms with Crippen molar-refractivity contribution in [3.05, 3.63) is 65.2 Å². The Hall–Kier alpha value is -4.83. The molecule has 0 aliphatic carbocycles. The summed E-state index contributed by atoms with van der Waals surface area (Å²) in [5.41, 5.74) is 12.4. The van der Waals surface area contributed by atoms with E-state index in [1.165, 1.54) is 0 Å². The van der Waals surface area contributed by atoms with Crippen LogP contribution in [0.2, 0.25) is 0 Å². The van der Waals surface area contributed by atoms with E-state index in [0.717, 1.165) is 0 Å². The SMILES string of the molecule is N=C(N)c1ccc(C(=O)NCCOc2cccc(C(=N)N)c2)cc1.O=C(O)C(F)(F)F.O=C(O)C(F)(F)F. The van der Waals surface area contributed by atoms with Crippen LogP contribution in [0.25, 0.3) is 0 Å².